The molecule has 2 amide bonds. The predicted molar refractivity (Wildman–Crippen MR) is 103 cm³/mol. The van der Waals surface area contributed by atoms with Gasteiger partial charge in [-0.2, -0.15) is 0 Å². The van der Waals surface area contributed by atoms with Crippen LogP contribution in [0.4, 0.5) is 4.79 Å². The molecule has 146 valence electrons. The lowest BCUT2D eigenvalue weighted by Gasteiger charge is -2.35. The minimum Gasteiger partial charge on any atom is -0.469 e. The van der Waals surface area contributed by atoms with Gasteiger partial charge in [0.15, 0.2) is 0 Å². The zero-order valence-electron chi connectivity index (χ0n) is 15.6. The lowest BCUT2D eigenvalue weighted by Crippen LogP contribution is -2.48. The smallest absolute Gasteiger partial charge is 0.338 e. The van der Waals surface area contributed by atoms with Gasteiger partial charge in [-0.3, -0.25) is 9.69 Å². The third-order valence-corrected chi connectivity index (χ3v) is 4.81. The average molecular weight is 439 g/mol. The first-order valence-electron chi connectivity index (χ1n) is 8.67. The van der Waals surface area contributed by atoms with Crippen LogP contribution in [0.25, 0.3) is 0 Å². The summed E-state index contributed by atoms with van der Waals surface area (Å²) in [4.78, 5) is 38.0. The van der Waals surface area contributed by atoms with Crippen LogP contribution in [0, 0.1) is 0 Å². The number of urea groups is 1. The van der Waals surface area contributed by atoms with Crippen molar-refractivity contribution in [2.45, 2.75) is 32.7 Å². The molecule has 7 nitrogen and oxygen atoms in total. The van der Waals surface area contributed by atoms with Gasteiger partial charge in [0.1, 0.15) is 0 Å². The minimum atomic E-state index is -0.596. The Morgan fingerprint density at radius 1 is 1.26 bits per heavy atom. The Balaban J connectivity index is 2.33. The maximum absolute atomic E-state index is 12.6. The maximum atomic E-state index is 12.6. The van der Waals surface area contributed by atoms with Gasteiger partial charge in [-0.25, -0.2) is 9.59 Å². The highest BCUT2D eigenvalue weighted by molar-refractivity contribution is 9.10. The van der Waals surface area contributed by atoms with Gasteiger partial charge in [-0.15, -0.1) is 0 Å². The van der Waals surface area contributed by atoms with Crippen LogP contribution in [-0.2, 0) is 19.1 Å². The second-order valence-corrected chi connectivity index (χ2v) is 6.90. The van der Waals surface area contributed by atoms with E-state index in [1.54, 1.807) is 13.8 Å². The van der Waals surface area contributed by atoms with Gasteiger partial charge in [0, 0.05) is 23.1 Å². The number of halogens is 1. The second-order valence-electron chi connectivity index (χ2n) is 5.98. The summed E-state index contributed by atoms with van der Waals surface area (Å²) >= 11 is 3.38. The van der Waals surface area contributed by atoms with Crippen molar-refractivity contribution in [2.75, 3.05) is 20.3 Å². The Kier molecular flexibility index (Phi) is 7.41. The molecule has 1 heterocycles. The molecule has 1 aliphatic rings. The van der Waals surface area contributed by atoms with Crippen LogP contribution in [-0.4, -0.2) is 43.1 Å². The summed E-state index contributed by atoms with van der Waals surface area (Å²) < 4.78 is 10.7. The molecule has 0 aliphatic carbocycles. The molecular formula is C19H23BrN2O5. The Morgan fingerprint density at radius 3 is 2.52 bits per heavy atom. The van der Waals surface area contributed by atoms with E-state index in [1.165, 1.54) is 12.0 Å². The van der Waals surface area contributed by atoms with Gasteiger partial charge < -0.3 is 14.8 Å². The van der Waals surface area contributed by atoms with Gasteiger partial charge in [-0.1, -0.05) is 28.1 Å². The standard InChI is InChI=1S/C19H23BrN2O5/c1-4-27-18(24)16-12(2)22(11-5-6-15(23)26-3)19(25)21-17(16)13-7-9-14(20)10-8-13/h7-10,17H,4-6,11H2,1-3H3,(H,21,25)/t17-/m0/s1. The molecular weight excluding hydrogens is 416 g/mol. The zero-order chi connectivity index (χ0) is 20.0. The number of carbonyl (C=O) groups is 3. The predicted octanol–water partition coefficient (Wildman–Crippen LogP) is 3.31. The summed E-state index contributed by atoms with van der Waals surface area (Å²) in [7, 11) is 1.32. The van der Waals surface area contributed by atoms with Crippen LogP contribution < -0.4 is 5.32 Å². The van der Waals surface area contributed by atoms with Gasteiger partial charge >= 0.3 is 18.0 Å². The number of esters is 2. The van der Waals surface area contributed by atoms with Crippen molar-refractivity contribution < 1.29 is 23.9 Å². The van der Waals surface area contributed by atoms with E-state index in [9.17, 15) is 14.4 Å². The molecule has 0 saturated carbocycles. The van der Waals surface area contributed by atoms with Crippen molar-refractivity contribution in [2.24, 2.45) is 0 Å². The summed E-state index contributed by atoms with van der Waals surface area (Å²) in [6, 6.07) is 6.47. The highest BCUT2D eigenvalue weighted by Gasteiger charge is 2.36. The van der Waals surface area contributed by atoms with Gasteiger partial charge in [0.2, 0.25) is 0 Å². The molecule has 0 fully saturated rings. The van der Waals surface area contributed by atoms with Crippen molar-refractivity contribution in [3.63, 3.8) is 0 Å². The van der Waals surface area contributed by atoms with E-state index < -0.39 is 12.0 Å². The third kappa shape index (κ3) is 5.09. The lowest BCUT2D eigenvalue weighted by atomic mass is 9.95. The van der Waals surface area contributed by atoms with E-state index in [0.717, 1.165) is 10.0 Å². The number of rotatable bonds is 7. The Morgan fingerprint density at radius 2 is 1.93 bits per heavy atom. The molecule has 1 aromatic rings. The van der Waals surface area contributed by atoms with Crippen molar-refractivity contribution in [1.82, 2.24) is 10.2 Å². The van der Waals surface area contributed by atoms with Gasteiger partial charge in [-0.05, 0) is 38.0 Å². The highest BCUT2D eigenvalue weighted by atomic mass is 79.9. The first-order chi connectivity index (χ1) is 12.9. The third-order valence-electron chi connectivity index (χ3n) is 4.29. The quantitative estimate of drug-likeness (QED) is 0.659. The molecule has 1 aliphatic heterocycles. The summed E-state index contributed by atoms with van der Waals surface area (Å²) in [6.45, 7) is 3.98. The number of hydrogen-bond donors (Lipinski definition) is 1. The Bertz CT molecular complexity index is 745. The number of carbonyl (C=O) groups excluding carboxylic acids is 3. The number of ether oxygens (including phenoxy) is 2. The van der Waals surface area contributed by atoms with E-state index in [2.05, 4.69) is 26.0 Å². The van der Waals surface area contributed by atoms with Crippen molar-refractivity contribution in [1.29, 1.82) is 0 Å². The van der Waals surface area contributed by atoms with E-state index in [4.69, 9.17) is 4.74 Å². The number of nitrogens with one attached hydrogen (secondary N) is 1. The molecule has 0 unspecified atom stereocenters. The minimum absolute atomic E-state index is 0.193. The molecule has 1 aromatic carbocycles. The zero-order valence-corrected chi connectivity index (χ0v) is 17.2. The van der Waals surface area contributed by atoms with Crippen molar-refractivity contribution >= 4 is 33.9 Å². The fourth-order valence-electron chi connectivity index (χ4n) is 2.91. The van der Waals surface area contributed by atoms with Crippen molar-refractivity contribution in [3.8, 4) is 0 Å². The van der Waals surface area contributed by atoms with Crippen LogP contribution in [0.15, 0.2) is 40.0 Å². The van der Waals surface area contributed by atoms with E-state index in [1.807, 2.05) is 24.3 Å². The summed E-state index contributed by atoms with van der Waals surface area (Å²) in [6.07, 6.45) is 0.620. The number of methoxy groups -OCH3 is 1. The maximum Gasteiger partial charge on any atom is 0.338 e. The molecule has 0 saturated heterocycles. The van der Waals surface area contributed by atoms with Gasteiger partial charge in [0.05, 0.1) is 25.3 Å². The number of benzene rings is 1. The molecule has 0 spiro atoms. The molecule has 2 rings (SSSR count). The number of hydrogen-bond acceptors (Lipinski definition) is 5. The Labute approximate surface area is 166 Å². The van der Waals surface area contributed by atoms with Gasteiger partial charge in [0.25, 0.3) is 0 Å². The molecule has 1 atom stereocenters. The van der Waals surface area contributed by atoms with Crippen LogP contribution in [0.2, 0.25) is 0 Å². The number of nitrogens with zero attached hydrogens (tertiary/aromatic N) is 1. The van der Waals surface area contributed by atoms with E-state index in [-0.39, 0.29) is 25.0 Å². The summed E-state index contributed by atoms with van der Waals surface area (Å²) in [5.41, 5.74) is 1.69. The fourth-order valence-corrected chi connectivity index (χ4v) is 3.18. The first kappa shape index (κ1) is 21.0. The number of amides is 2. The Hall–Kier alpha value is -2.35. The fraction of sp³-hybridized carbons (Fsp3) is 0.421. The normalized spacial score (nSPS) is 16.8. The van der Waals surface area contributed by atoms with E-state index >= 15 is 0 Å². The molecule has 27 heavy (non-hydrogen) atoms. The average Bonchev–Trinajstić information content (AvgIpc) is 2.64. The largest absolute Gasteiger partial charge is 0.469 e. The topological polar surface area (TPSA) is 84.9 Å². The van der Waals surface area contributed by atoms with Crippen molar-refractivity contribution in [3.05, 3.63) is 45.6 Å². The molecule has 0 radical (unpaired) electrons. The monoisotopic (exact) mass is 438 g/mol. The number of allylic oxidation sites excluding steroid dienone is 1. The summed E-state index contributed by atoms with van der Waals surface area (Å²) in [5.74, 6) is -0.812. The SMILES string of the molecule is CCOC(=O)C1=C(C)N(CCCC(=O)OC)C(=O)N[C@H]1c1ccc(Br)cc1. The molecule has 8 heteroatoms. The molecule has 1 N–H and O–H groups in total. The first-order valence-corrected chi connectivity index (χ1v) is 9.46. The second kappa shape index (κ2) is 9.55. The van der Waals surface area contributed by atoms with Crippen LogP contribution in [0.3, 0.4) is 0 Å². The molecule has 0 bridgehead atoms. The van der Waals surface area contributed by atoms with E-state index in [0.29, 0.717) is 24.2 Å². The molecule has 0 aromatic heterocycles. The highest BCUT2D eigenvalue weighted by Crippen LogP contribution is 2.32. The van der Waals surface area contributed by atoms with Crippen LogP contribution in [0.5, 0.6) is 0 Å². The lowest BCUT2D eigenvalue weighted by molar-refractivity contribution is -0.141. The van der Waals surface area contributed by atoms with Crippen LogP contribution in [0.1, 0.15) is 38.3 Å². The summed E-state index contributed by atoms with van der Waals surface area (Å²) in [5, 5.41) is 2.87. The van der Waals surface area contributed by atoms with Crippen LogP contribution >= 0.6 is 15.9 Å².